The number of amides is 1. The van der Waals surface area contributed by atoms with Crippen LogP contribution in [0.25, 0.3) is 0 Å². The molecule has 1 aromatic carbocycles. The van der Waals surface area contributed by atoms with Crippen molar-refractivity contribution in [1.82, 2.24) is 4.98 Å². The Bertz CT molecular complexity index is 780. The molecular weight excluding hydrogens is 274 g/mol. The van der Waals surface area contributed by atoms with Gasteiger partial charge in [-0.1, -0.05) is 6.07 Å². The number of H-pyrrole nitrogens is 1. The smallest absolute Gasteiger partial charge is 0.293 e. The van der Waals surface area contributed by atoms with Gasteiger partial charge in [0.1, 0.15) is 11.4 Å². The summed E-state index contributed by atoms with van der Waals surface area (Å²) in [7, 11) is 0. The molecule has 0 spiro atoms. The third-order valence-electron chi connectivity index (χ3n) is 3.07. The van der Waals surface area contributed by atoms with Crippen molar-refractivity contribution >= 4 is 17.3 Å². The van der Waals surface area contributed by atoms with Gasteiger partial charge >= 0.3 is 0 Å². The van der Waals surface area contributed by atoms with E-state index in [2.05, 4.69) is 10.3 Å². The Morgan fingerprint density at radius 3 is 2.52 bits per heavy atom. The molecule has 1 heterocycles. The number of carbonyl (C=O) groups excluding carboxylic acids is 1. The lowest BCUT2D eigenvalue weighted by Gasteiger charge is -2.08. The summed E-state index contributed by atoms with van der Waals surface area (Å²) in [6, 6.07) is 7.06. The van der Waals surface area contributed by atoms with E-state index in [0.717, 1.165) is 11.1 Å². The fourth-order valence-electron chi connectivity index (χ4n) is 1.82. The fourth-order valence-corrected chi connectivity index (χ4v) is 1.82. The van der Waals surface area contributed by atoms with Crippen molar-refractivity contribution in [2.24, 2.45) is 0 Å². The van der Waals surface area contributed by atoms with Gasteiger partial charge in [-0.3, -0.25) is 19.7 Å². The molecular formula is C14H13N3O4. The maximum atomic E-state index is 12.0. The molecule has 0 aliphatic rings. The van der Waals surface area contributed by atoms with E-state index < -0.39 is 16.4 Å². The number of benzene rings is 1. The Morgan fingerprint density at radius 1 is 1.24 bits per heavy atom. The molecule has 21 heavy (non-hydrogen) atoms. The Kier molecular flexibility index (Phi) is 3.84. The van der Waals surface area contributed by atoms with Gasteiger partial charge in [0.2, 0.25) is 5.56 Å². The third-order valence-corrected chi connectivity index (χ3v) is 3.07. The monoisotopic (exact) mass is 287 g/mol. The number of nitro benzene ring substituents is 1. The predicted molar refractivity (Wildman–Crippen MR) is 77.6 cm³/mol. The summed E-state index contributed by atoms with van der Waals surface area (Å²) < 4.78 is 0. The Hall–Kier alpha value is -2.96. The molecule has 2 aromatic rings. The van der Waals surface area contributed by atoms with E-state index in [1.165, 1.54) is 30.3 Å². The van der Waals surface area contributed by atoms with E-state index in [-0.39, 0.29) is 17.1 Å². The van der Waals surface area contributed by atoms with Gasteiger partial charge in [-0.05, 0) is 37.1 Å². The van der Waals surface area contributed by atoms with Gasteiger partial charge in [0, 0.05) is 12.1 Å². The number of aromatic nitrogens is 1. The minimum atomic E-state index is -0.612. The maximum Gasteiger partial charge on any atom is 0.293 e. The van der Waals surface area contributed by atoms with Gasteiger partial charge in [0.15, 0.2) is 0 Å². The highest BCUT2D eigenvalue weighted by Gasteiger charge is 2.18. The Labute approximate surface area is 119 Å². The van der Waals surface area contributed by atoms with Crippen LogP contribution in [0.15, 0.2) is 35.1 Å². The van der Waals surface area contributed by atoms with Gasteiger partial charge in [-0.15, -0.1) is 0 Å². The number of rotatable bonds is 3. The lowest BCUT2D eigenvalue weighted by atomic mass is 10.1. The van der Waals surface area contributed by atoms with Gasteiger partial charge in [0.25, 0.3) is 11.6 Å². The number of carbonyl (C=O) groups is 1. The second-order valence-electron chi connectivity index (χ2n) is 4.59. The van der Waals surface area contributed by atoms with Gasteiger partial charge in [-0.2, -0.15) is 0 Å². The Morgan fingerprint density at radius 2 is 1.90 bits per heavy atom. The molecule has 0 bridgehead atoms. The molecule has 0 saturated heterocycles. The first kappa shape index (κ1) is 14.4. The first-order valence-electron chi connectivity index (χ1n) is 6.15. The summed E-state index contributed by atoms with van der Waals surface area (Å²) in [4.78, 5) is 36.1. The molecule has 2 N–H and O–H groups in total. The van der Waals surface area contributed by atoms with Gasteiger partial charge in [-0.25, -0.2) is 0 Å². The van der Waals surface area contributed by atoms with Crippen LogP contribution >= 0.6 is 0 Å². The Balaban J connectivity index is 2.39. The first-order chi connectivity index (χ1) is 9.88. The number of hydrogen-bond acceptors (Lipinski definition) is 4. The van der Waals surface area contributed by atoms with Gasteiger partial charge in [0.05, 0.1) is 4.92 Å². The standard InChI is InChI=1S/C14H13N3O4/c1-8-6-11(12(17(20)21)7-9(8)2)16-14(19)10-4-3-5-13(18)15-10/h3-7H,1-2H3,(H,15,18)(H,16,19). The zero-order chi connectivity index (χ0) is 15.6. The fraction of sp³-hybridized carbons (Fsp3) is 0.143. The van der Waals surface area contributed by atoms with Crippen LogP contribution in [0.4, 0.5) is 11.4 Å². The molecule has 2 rings (SSSR count). The number of hydrogen-bond donors (Lipinski definition) is 2. The lowest BCUT2D eigenvalue weighted by Crippen LogP contribution is -2.18. The summed E-state index contributed by atoms with van der Waals surface area (Å²) in [5.74, 6) is -0.612. The predicted octanol–water partition coefficient (Wildman–Crippen LogP) is 2.15. The van der Waals surface area contributed by atoms with Crippen LogP contribution in [0.5, 0.6) is 0 Å². The van der Waals surface area contributed by atoms with E-state index in [1.54, 1.807) is 13.8 Å². The van der Waals surface area contributed by atoms with E-state index in [1.807, 2.05) is 0 Å². The number of nitrogens with zero attached hydrogens (tertiary/aromatic N) is 1. The van der Waals surface area contributed by atoms with Crippen molar-refractivity contribution in [2.45, 2.75) is 13.8 Å². The zero-order valence-electron chi connectivity index (χ0n) is 11.5. The van der Waals surface area contributed by atoms with Crippen molar-refractivity contribution < 1.29 is 9.72 Å². The molecule has 1 aromatic heterocycles. The van der Waals surface area contributed by atoms with E-state index in [9.17, 15) is 19.7 Å². The maximum absolute atomic E-state index is 12.0. The van der Waals surface area contributed by atoms with E-state index in [0.29, 0.717) is 0 Å². The summed E-state index contributed by atoms with van der Waals surface area (Å²) in [6.45, 7) is 3.54. The molecule has 0 unspecified atom stereocenters. The van der Waals surface area contributed by atoms with Crippen molar-refractivity contribution in [2.75, 3.05) is 5.32 Å². The van der Waals surface area contributed by atoms with Crippen LogP contribution < -0.4 is 10.9 Å². The number of aryl methyl sites for hydroxylation is 2. The third kappa shape index (κ3) is 3.14. The van der Waals surface area contributed by atoms with E-state index >= 15 is 0 Å². The largest absolute Gasteiger partial charge is 0.318 e. The second-order valence-corrected chi connectivity index (χ2v) is 4.59. The molecule has 108 valence electrons. The van der Waals surface area contributed by atoms with Crippen LogP contribution in [-0.4, -0.2) is 15.8 Å². The SMILES string of the molecule is Cc1cc(NC(=O)c2cccc(=O)[nH]2)c([N+](=O)[O-])cc1C. The lowest BCUT2D eigenvalue weighted by molar-refractivity contribution is -0.384. The highest BCUT2D eigenvalue weighted by atomic mass is 16.6. The van der Waals surface area contributed by atoms with Crippen molar-refractivity contribution in [1.29, 1.82) is 0 Å². The minimum Gasteiger partial charge on any atom is -0.318 e. The molecule has 0 aliphatic carbocycles. The number of anilines is 1. The molecule has 7 nitrogen and oxygen atoms in total. The zero-order valence-corrected chi connectivity index (χ0v) is 11.5. The number of nitro groups is 1. The van der Waals surface area contributed by atoms with Crippen molar-refractivity contribution in [3.05, 3.63) is 67.6 Å². The van der Waals surface area contributed by atoms with Crippen LogP contribution in [-0.2, 0) is 0 Å². The summed E-state index contributed by atoms with van der Waals surface area (Å²) in [6.07, 6.45) is 0. The molecule has 1 amide bonds. The highest BCUT2D eigenvalue weighted by molar-refractivity contribution is 6.04. The molecule has 0 saturated carbocycles. The average molecular weight is 287 g/mol. The summed E-state index contributed by atoms with van der Waals surface area (Å²) in [5, 5.41) is 13.5. The van der Waals surface area contributed by atoms with Crippen molar-refractivity contribution in [3.8, 4) is 0 Å². The number of aromatic amines is 1. The molecule has 7 heteroatoms. The first-order valence-corrected chi connectivity index (χ1v) is 6.15. The van der Waals surface area contributed by atoms with Crippen LogP contribution in [0.3, 0.4) is 0 Å². The van der Waals surface area contributed by atoms with Crippen LogP contribution in [0.1, 0.15) is 21.6 Å². The average Bonchev–Trinajstić information content (AvgIpc) is 2.42. The summed E-state index contributed by atoms with van der Waals surface area (Å²) in [5.41, 5.74) is 1.10. The highest BCUT2D eigenvalue weighted by Crippen LogP contribution is 2.28. The minimum absolute atomic E-state index is 0.0371. The molecule has 0 aliphatic heterocycles. The van der Waals surface area contributed by atoms with Crippen LogP contribution in [0, 0.1) is 24.0 Å². The summed E-state index contributed by atoms with van der Waals surface area (Å²) >= 11 is 0. The normalized spacial score (nSPS) is 10.2. The van der Waals surface area contributed by atoms with Gasteiger partial charge < -0.3 is 10.3 Å². The number of pyridine rings is 1. The molecule has 0 fully saturated rings. The second kappa shape index (κ2) is 5.58. The quantitative estimate of drug-likeness (QED) is 0.666. The van der Waals surface area contributed by atoms with E-state index in [4.69, 9.17) is 0 Å². The molecule has 0 atom stereocenters. The topological polar surface area (TPSA) is 105 Å². The molecule has 0 radical (unpaired) electrons. The van der Waals surface area contributed by atoms with Crippen LogP contribution in [0.2, 0.25) is 0 Å². The van der Waals surface area contributed by atoms with Crippen molar-refractivity contribution in [3.63, 3.8) is 0 Å². The number of nitrogens with one attached hydrogen (secondary N) is 2.